The van der Waals surface area contributed by atoms with E-state index in [1.165, 1.54) is 24.3 Å². The number of nitrogens with zero attached hydrogens (tertiary/aromatic N) is 2. The number of aliphatic hydroxyl groups is 1. The maximum Gasteiger partial charge on any atom is 0.264 e. The summed E-state index contributed by atoms with van der Waals surface area (Å²) in [5.74, 6) is -0.343. The lowest BCUT2D eigenvalue weighted by Gasteiger charge is -2.04. The van der Waals surface area contributed by atoms with Gasteiger partial charge in [-0.15, -0.1) is 0 Å². The van der Waals surface area contributed by atoms with Crippen molar-refractivity contribution in [2.24, 2.45) is 0 Å². The van der Waals surface area contributed by atoms with Crippen molar-refractivity contribution in [3.63, 3.8) is 0 Å². The summed E-state index contributed by atoms with van der Waals surface area (Å²) in [6.45, 7) is 0. The molecule has 0 aliphatic rings. The Hall–Kier alpha value is -1.89. The summed E-state index contributed by atoms with van der Waals surface area (Å²) < 4.78 is 41.6. The first-order chi connectivity index (χ1) is 8.56. The monoisotopic (exact) mass is 258 g/mol. The van der Waals surface area contributed by atoms with Crippen LogP contribution < -0.4 is 0 Å². The number of hydrogen-bond donors (Lipinski definition) is 1. The van der Waals surface area contributed by atoms with Gasteiger partial charge in [0.15, 0.2) is 0 Å². The largest absolute Gasteiger partial charge is 0.387 e. The molecule has 0 saturated carbocycles. The van der Waals surface area contributed by atoms with Gasteiger partial charge in [-0.25, -0.2) is 13.2 Å². The summed E-state index contributed by atoms with van der Waals surface area (Å²) in [5, 5.41) is 12.5. The predicted octanol–water partition coefficient (Wildman–Crippen LogP) is 2.04. The van der Waals surface area contributed by atoms with E-state index < -0.39 is 24.8 Å². The van der Waals surface area contributed by atoms with Crippen molar-refractivity contribution in [2.45, 2.75) is 19.0 Å². The van der Waals surface area contributed by atoms with Crippen LogP contribution in [-0.4, -0.2) is 27.8 Å². The average molecular weight is 258 g/mol. The van der Waals surface area contributed by atoms with Gasteiger partial charge in [0.2, 0.25) is 11.7 Å². The van der Waals surface area contributed by atoms with Crippen LogP contribution in [0.25, 0.3) is 11.4 Å². The summed E-state index contributed by atoms with van der Waals surface area (Å²) in [4.78, 5) is 3.84. The van der Waals surface area contributed by atoms with E-state index in [9.17, 15) is 13.2 Å². The highest BCUT2D eigenvalue weighted by atomic mass is 19.3. The van der Waals surface area contributed by atoms with Crippen molar-refractivity contribution in [3.8, 4) is 11.4 Å². The summed E-state index contributed by atoms with van der Waals surface area (Å²) in [6, 6.07) is 5.32. The molecule has 1 atom stereocenters. The van der Waals surface area contributed by atoms with Crippen molar-refractivity contribution in [2.75, 3.05) is 0 Å². The first-order valence-electron chi connectivity index (χ1n) is 5.11. The molecule has 4 nitrogen and oxygen atoms in total. The molecule has 0 bridgehead atoms. The number of aliphatic hydroxyl groups excluding tert-OH is 1. The maximum atomic E-state index is 12.7. The van der Waals surface area contributed by atoms with Gasteiger partial charge in [-0.05, 0) is 24.3 Å². The van der Waals surface area contributed by atoms with Crippen LogP contribution in [0.2, 0.25) is 0 Å². The molecule has 2 aromatic rings. The van der Waals surface area contributed by atoms with Crippen LogP contribution in [0.4, 0.5) is 13.2 Å². The van der Waals surface area contributed by atoms with E-state index in [1.54, 1.807) is 0 Å². The fraction of sp³-hybridized carbons (Fsp3) is 0.273. The fourth-order valence-corrected chi connectivity index (χ4v) is 1.32. The van der Waals surface area contributed by atoms with Crippen LogP contribution >= 0.6 is 0 Å². The Morgan fingerprint density at radius 1 is 1.22 bits per heavy atom. The first-order valence-corrected chi connectivity index (χ1v) is 5.11. The molecule has 1 aromatic heterocycles. The number of halogens is 3. The van der Waals surface area contributed by atoms with Crippen LogP contribution in [-0.2, 0) is 6.42 Å². The molecular formula is C11H9F3N2O2. The lowest BCUT2D eigenvalue weighted by atomic mass is 10.2. The van der Waals surface area contributed by atoms with Crippen LogP contribution in [0.15, 0.2) is 28.8 Å². The Balaban J connectivity index is 2.13. The third kappa shape index (κ3) is 2.86. The smallest absolute Gasteiger partial charge is 0.264 e. The Labute approximate surface area is 100 Å². The highest BCUT2D eigenvalue weighted by molar-refractivity contribution is 5.53. The van der Waals surface area contributed by atoms with Crippen molar-refractivity contribution in [1.29, 1.82) is 0 Å². The summed E-state index contributed by atoms with van der Waals surface area (Å²) in [6.07, 6.45) is -5.14. The second-order valence-corrected chi connectivity index (χ2v) is 3.62. The van der Waals surface area contributed by atoms with E-state index >= 15 is 0 Å². The number of rotatable bonds is 4. The van der Waals surface area contributed by atoms with E-state index in [-0.39, 0.29) is 11.7 Å². The third-order valence-corrected chi connectivity index (χ3v) is 2.25. The van der Waals surface area contributed by atoms with Gasteiger partial charge in [-0.2, -0.15) is 4.98 Å². The predicted molar refractivity (Wildman–Crippen MR) is 55.4 cm³/mol. The molecule has 0 aliphatic carbocycles. The quantitative estimate of drug-likeness (QED) is 0.911. The molecule has 96 valence electrons. The van der Waals surface area contributed by atoms with E-state index in [0.29, 0.717) is 5.56 Å². The van der Waals surface area contributed by atoms with Gasteiger partial charge < -0.3 is 9.63 Å². The molecule has 1 heterocycles. The SMILES string of the molecule is OC(Cc1nc(-c2ccc(F)cc2)no1)C(F)F. The van der Waals surface area contributed by atoms with E-state index in [0.717, 1.165) is 0 Å². The second-order valence-electron chi connectivity index (χ2n) is 3.62. The van der Waals surface area contributed by atoms with Gasteiger partial charge in [-0.1, -0.05) is 5.16 Å². The summed E-state index contributed by atoms with van der Waals surface area (Å²) >= 11 is 0. The molecule has 1 unspecified atom stereocenters. The summed E-state index contributed by atoms with van der Waals surface area (Å²) in [5.41, 5.74) is 0.498. The molecule has 1 N–H and O–H groups in total. The number of hydrogen-bond acceptors (Lipinski definition) is 4. The Bertz CT molecular complexity index is 513. The molecule has 2 rings (SSSR count). The Morgan fingerprint density at radius 2 is 1.89 bits per heavy atom. The lowest BCUT2D eigenvalue weighted by molar-refractivity contribution is -0.00754. The minimum Gasteiger partial charge on any atom is -0.387 e. The molecule has 0 aliphatic heterocycles. The van der Waals surface area contributed by atoms with Crippen molar-refractivity contribution in [3.05, 3.63) is 36.0 Å². The molecule has 7 heteroatoms. The van der Waals surface area contributed by atoms with Crippen LogP contribution in [0.5, 0.6) is 0 Å². The zero-order valence-electron chi connectivity index (χ0n) is 9.05. The topological polar surface area (TPSA) is 59.2 Å². The van der Waals surface area contributed by atoms with Crippen molar-refractivity contribution < 1.29 is 22.8 Å². The molecule has 18 heavy (non-hydrogen) atoms. The van der Waals surface area contributed by atoms with Gasteiger partial charge in [0.25, 0.3) is 6.43 Å². The molecule has 0 amide bonds. The fourth-order valence-electron chi connectivity index (χ4n) is 1.32. The number of benzene rings is 1. The minimum atomic E-state index is -2.87. The number of alkyl halides is 2. The zero-order chi connectivity index (χ0) is 13.1. The third-order valence-electron chi connectivity index (χ3n) is 2.25. The standard InChI is InChI=1S/C11H9F3N2O2/c12-7-3-1-6(2-4-7)11-15-9(18-16-11)5-8(17)10(13)14/h1-4,8,10,17H,5H2. The van der Waals surface area contributed by atoms with Gasteiger partial charge >= 0.3 is 0 Å². The van der Waals surface area contributed by atoms with Gasteiger partial charge in [0.1, 0.15) is 11.9 Å². The Morgan fingerprint density at radius 3 is 2.50 bits per heavy atom. The van der Waals surface area contributed by atoms with Gasteiger partial charge in [0, 0.05) is 5.56 Å². The molecule has 0 saturated heterocycles. The zero-order valence-corrected chi connectivity index (χ0v) is 9.05. The molecule has 0 fully saturated rings. The summed E-state index contributed by atoms with van der Waals surface area (Å²) in [7, 11) is 0. The normalized spacial score (nSPS) is 12.9. The number of aromatic nitrogens is 2. The minimum absolute atomic E-state index is 0.0953. The molecular weight excluding hydrogens is 249 g/mol. The maximum absolute atomic E-state index is 12.7. The lowest BCUT2D eigenvalue weighted by Crippen LogP contribution is -2.20. The van der Waals surface area contributed by atoms with E-state index in [2.05, 4.69) is 10.1 Å². The highest BCUT2D eigenvalue weighted by Crippen LogP contribution is 2.17. The van der Waals surface area contributed by atoms with Crippen molar-refractivity contribution in [1.82, 2.24) is 10.1 Å². The molecule has 0 spiro atoms. The average Bonchev–Trinajstić information content (AvgIpc) is 2.78. The van der Waals surface area contributed by atoms with E-state index in [4.69, 9.17) is 9.63 Å². The Kier molecular flexibility index (Phi) is 3.61. The molecule has 1 aromatic carbocycles. The van der Waals surface area contributed by atoms with Gasteiger partial charge in [0.05, 0.1) is 6.42 Å². The highest BCUT2D eigenvalue weighted by Gasteiger charge is 2.21. The van der Waals surface area contributed by atoms with Crippen LogP contribution in [0.1, 0.15) is 5.89 Å². The van der Waals surface area contributed by atoms with Crippen LogP contribution in [0, 0.1) is 5.82 Å². The molecule has 0 radical (unpaired) electrons. The first kappa shape index (κ1) is 12.6. The van der Waals surface area contributed by atoms with Gasteiger partial charge in [-0.3, -0.25) is 0 Å². The van der Waals surface area contributed by atoms with E-state index in [1.807, 2.05) is 0 Å². The second kappa shape index (κ2) is 5.18. The van der Waals surface area contributed by atoms with Crippen LogP contribution in [0.3, 0.4) is 0 Å². The van der Waals surface area contributed by atoms with Crippen molar-refractivity contribution >= 4 is 0 Å².